The quantitative estimate of drug-likeness (QED) is 0.820. The van der Waals surface area contributed by atoms with Crippen molar-refractivity contribution in [2.24, 2.45) is 0 Å². The number of carbonyl (C=O) groups excluding carboxylic acids is 1. The molecular formula is C16H26N2O. The van der Waals surface area contributed by atoms with Gasteiger partial charge in [-0.25, -0.2) is 0 Å². The monoisotopic (exact) mass is 262 g/mol. The van der Waals surface area contributed by atoms with Crippen LogP contribution in [-0.2, 0) is 0 Å². The minimum absolute atomic E-state index is 0.0201. The maximum atomic E-state index is 12.3. The highest BCUT2D eigenvalue weighted by atomic mass is 16.1. The van der Waals surface area contributed by atoms with E-state index in [-0.39, 0.29) is 11.4 Å². The number of benzene rings is 1. The highest BCUT2D eigenvalue weighted by molar-refractivity contribution is 5.96. The number of anilines is 1. The Labute approximate surface area is 116 Å². The molecular weight excluding hydrogens is 236 g/mol. The van der Waals surface area contributed by atoms with E-state index in [1.54, 1.807) is 0 Å². The molecule has 0 aliphatic rings. The molecule has 0 spiro atoms. The summed E-state index contributed by atoms with van der Waals surface area (Å²) >= 11 is 0. The molecule has 3 heteroatoms. The third-order valence-corrected chi connectivity index (χ3v) is 3.83. The number of carbonyl (C=O) groups is 1. The molecule has 1 aromatic rings. The summed E-state index contributed by atoms with van der Waals surface area (Å²) in [6.07, 6.45) is 1.87. The smallest absolute Gasteiger partial charge is 0.251 e. The average Bonchev–Trinajstić information content (AvgIpc) is 2.39. The number of aryl methyl sites for hydroxylation is 1. The Balaban J connectivity index is 2.88. The maximum absolute atomic E-state index is 12.3. The van der Waals surface area contributed by atoms with E-state index in [1.165, 1.54) is 0 Å². The van der Waals surface area contributed by atoms with Gasteiger partial charge in [-0.2, -0.15) is 0 Å². The largest absolute Gasteiger partial charge is 0.385 e. The molecule has 0 radical (unpaired) electrons. The Bertz CT molecular complexity index is 436. The Morgan fingerprint density at radius 1 is 1.21 bits per heavy atom. The van der Waals surface area contributed by atoms with Gasteiger partial charge in [-0.15, -0.1) is 0 Å². The van der Waals surface area contributed by atoms with Crippen LogP contribution in [0.1, 0.15) is 56.5 Å². The van der Waals surface area contributed by atoms with Gasteiger partial charge < -0.3 is 10.6 Å². The molecule has 0 bridgehead atoms. The highest BCUT2D eigenvalue weighted by Crippen LogP contribution is 2.18. The molecule has 1 amide bonds. The lowest BCUT2D eigenvalue weighted by atomic mass is 9.94. The number of hydrogen-bond donors (Lipinski definition) is 2. The predicted octanol–water partition coefficient (Wildman–Crippen LogP) is 3.74. The van der Waals surface area contributed by atoms with Crippen molar-refractivity contribution < 1.29 is 4.79 Å². The summed E-state index contributed by atoms with van der Waals surface area (Å²) in [7, 11) is 0. The standard InChI is InChI=1S/C16H26N2O/c1-6-16(5,7-2)18-15(19)14-10-9-13(17-8-3)11-12(14)4/h9-11,17H,6-8H2,1-5H3,(H,18,19). The second-order valence-corrected chi connectivity index (χ2v) is 5.28. The molecule has 3 nitrogen and oxygen atoms in total. The SMILES string of the molecule is CCNc1ccc(C(=O)NC(C)(CC)CC)c(C)c1. The first-order chi connectivity index (χ1) is 8.95. The first kappa shape index (κ1) is 15.5. The van der Waals surface area contributed by atoms with Crippen molar-refractivity contribution in [3.05, 3.63) is 29.3 Å². The molecule has 2 N–H and O–H groups in total. The van der Waals surface area contributed by atoms with Crippen LogP contribution in [0.15, 0.2) is 18.2 Å². The first-order valence-electron chi connectivity index (χ1n) is 7.12. The van der Waals surface area contributed by atoms with Crippen LogP contribution in [0.25, 0.3) is 0 Å². The molecule has 0 heterocycles. The Morgan fingerprint density at radius 3 is 2.32 bits per heavy atom. The van der Waals surface area contributed by atoms with Gasteiger partial charge in [0.05, 0.1) is 0 Å². The van der Waals surface area contributed by atoms with Gasteiger partial charge in [0, 0.05) is 23.3 Å². The summed E-state index contributed by atoms with van der Waals surface area (Å²) in [5, 5.41) is 6.40. The van der Waals surface area contributed by atoms with Gasteiger partial charge in [0.1, 0.15) is 0 Å². The summed E-state index contributed by atoms with van der Waals surface area (Å²) in [5.41, 5.74) is 2.70. The molecule has 106 valence electrons. The normalized spacial score (nSPS) is 11.2. The Kier molecular flexibility index (Phi) is 5.40. The molecule has 0 aliphatic carbocycles. The molecule has 0 saturated carbocycles. The van der Waals surface area contributed by atoms with Crippen molar-refractivity contribution in [1.29, 1.82) is 0 Å². The van der Waals surface area contributed by atoms with E-state index >= 15 is 0 Å². The molecule has 1 rings (SSSR count). The molecule has 0 atom stereocenters. The van der Waals surface area contributed by atoms with Gasteiger partial charge in [-0.3, -0.25) is 4.79 Å². The first-order valence-corrected chi connectivity index (χ1v) is 7.12. The van der Waals surface area contributed by atoms with Crippen LogP contribution in [-0.4, -0.2) is 18.0 Å². The van der Waals surface area contributed by atoms with Gasteiger partial charge >= 0.3 is 0 Å². The minimum atomic E-state index is -0.121. The molecule has 1 aromatic carbocycles. The van der Waals surface area contributed by atoms with E-state index < -0.39 is 0 Å². The van der Waals surface area contributed by atoms with Crippen LogP contribution in [0, 0.1) is 6.92 Å². The molecule has 19 heavy (non-hydrogen) atoms. The summed E-state index contributed by atoms with van der Waals surface area (Å²) in [6.45, 7) is 11.2. The zero-order valence-electron chi connectivity index (χ0n) is 12.8. The minimum Gasteiger partial charge on any atom is -0.385 e. The van der Waals surface area contributed by atoms with Crippen molar-refractivity contribution in [3.8, 4) is 0 Å². The van der Waals surface area contributed by atoms with E-state index in [2.05, 4.69) is 38.3 Å². The average molecular weight is 262 g/mol. The van der Waals surface area contributed by atoms with Crippen molar-refractivity contribution >= 4 is 11.6 Å². The molecule has 0 aromatic heterocycles. The van der Waals surface area contributed by atoms with Gasteiger partial charge in [0.15, 0.2) is 0 Å². The zero-order valence-corrected chi connectivity index (χ0v) is 12.8. The summed E-state index contributed by atoms with van der Waals surface area (Å²) in [5.74, 6) is 0.0201. The molecule has 0 saturated heterocycles. The third-order valence-electron chi connectivity index (χ3n) is 3.83. The van der Waals surface area contributed by atoms with Crippen LogP contribution in [0.4, 0.5) is 5.69 Å². The van der Waals surface area contributed by atoms with Crippen molar-refractivity contribution in [1.82, 2.24) is 5.32 Å². The van der Waals surface area contributed by atoms with Crippen LogP contribution < -0.4 is 10.6 Å². The molecule has 0 unspecified atom stereocenters. The number of nitrogens with one attached hydrogen (secondary N) is 2. The number of hydrogen-bond acceptors (Lipinski definition) is 2. The van der Waals surface area contributed by atoms with Gasteiger partial charge in [0.2, 0.25) is 0 Å². The van der Waals surface area contributed by atoms with E-state index in [1.807, 2.05) is 25.1 Å². The number of rotatable bonds is 6. The van der Waals surface area contributed by atoms with Crippen LogP contribution in [0.5, 0.6) is 0 Å². The van der Waals surface area contributed by atoms with Crippen LogP contribution in [0.2, 0.25) is 0 Å². The predicted molar refractivity (Wildman–Crippen MR) is 81.8 cm³/mol. The second-order valence-electron chi connectivity index (χ2n) is 5.28. The molecule has 0 fully saturated rings. The second kappa shape index (κ2) is 6.60. The van der Waals surface area contributed by atoms with Crippen molar-refractivity contribution in [2.75, 3.05) is 11.9 Å². The van der Waals surface area contributed by atoms with Gasteiger partial charge in [-0.1, -0.05) is 13.8 Å². The summed E-state index contributed by atoms with van der Waals surface area (Å²) in [6, 6.07) is 5.88. The summed E-state index contributed by atoms with van der Waals surface area (Å²) < 4.78 is 0. The topological polar surface area (TPSA) is 41.1 Å². The van der Waals surface area contributed by atoms with E-state index in [0.717, 1.165) is 36.2 Å². The van der Waals surface area contributed by atoms with Crippen molar-refractivity contribution in [2.45, 2.75) is 53.0 Å². The highest BCUT2D eigenvalue weighted by Gasteiger charge is 2.23. The zero-order chi connectivity index (χ0) is 14.5. The third kappa shape index (κ3) is 3.98. The number of amides is 1. The van der Waals surface area contributed by atoms with E-state index in [9.17, 15) is 4.79 Å². The fourth-order valence-corrected chi connectivity index (χ4v) is 2.00. The lowest BCUT2D eigenvalue weighted by molar-refractivity contribution is 0.0900. The lowest BCUT2D eigenvalue weighted by Crippen LogP contribution is -2.45. The Morgan fingerprint density at radius 2 is 1.84 bits per heavy atom. The fourth-order valence-electron chi connectivity index (χ4n) is 2.00. The Hall–Kier alpha value is -1.51. The molecule has 0 aliphatic heterocycles. The fraction of sp³-hybridized carbons (Fsp3) is 0.562. The van der Waals surface area contributed by atoms with Gasteiger partial charge in [0.25, 0.3) is 5.91 Å². The van der Waals surface area contributed by atoms with Gasteiger partial charge in [-0.05, 0) is 57.4 Å². The van der Waals surface area contributed by atoms with Crippen LogP contribution in [0.3, 0.4) is 0 Å². The maximum Gasteiger partial charge on any atom is 0.251 e. The van der Waals surface area contributed by atoms with E-state index in [4.69, 9.17) is 0 Å². The lowest BCUT2D eigenvalue weighted by Gasteiger charge is -2.28. The summed E-state index contributed by atoms with van der Waals surface area (Å²) in [4.78, 5) is 12.3. The van der Waals surface area contributed by atoms with Crippen molar-refractivity contribution in [3.63, 3.8) is 0 Å². The van der Waals surface area contributed by atoms with Crippen LogP contribution >= 0.6 is 0 Å². The van der Waals surface area contributed by atoms with E-state index in [0.29, 0.717) is 0 Å².